The Morgan fingerprint density at radius 2 is 2.12 bits per heavy atom. The number of nitrogens with zero attached hydrogens (tertiary/aromatic N) is 2. The van der Waals surface area contributed by atoms with E-state index in [0.717, 1.165) is 37.2 Å². The molecule has 0 saturated carbocycles. The van der Waals surface area contributed by atoms with E-state index in [-0.39, 0.29) is 17.0 Å². The molecule has 126 valence electrons. The van der Waals surface area contributed by atoms with Crippen molar-refractivity contribution in [1.29, 1.82) is 0 Å². The fourth-order valence-corrected chi connectivity index (χ4v) is 3.28. The predicted molar refractivity (Wildman–Crippen MR) is 93.1 cm³/mol. The van der Waals surface area contributed by atoms with Crippen molar-refractivity contribution in [3.63, 3.8) is 0 Å². The second-order valence-corrected chi connectivity index (χ2v) is 6.66. The molecule has 1 amide bonds. The van der Waals surface area contributed by atoms with Gasteiger partial charge in [-0.3, -0.25) is 14.6 Å². The number of aromatic amines is 1. The molecule has 1 fully saturated rings. The van der Waals surface area contributed by atoms with Gasteiger partial charge in [0.25, 0.3) is 11.5 Å². The summed E-state index contributed by atoms with van der Waals surface area (Å²) < 4.78 is 0. The number of amides is 1. The van der Waals surface area contributed by atoms with Gasteiger partial charge in [-0.25, -0.2) is 0 Å². The Labute approximate surface area is 141 Å². The van der Waals surface area contributed by atoms with Crippen molar-refractivity contribution in [3.8, 4) is 0 Å². The highest BCUT2D eigenvalue weighted by molar-refractivity contribution is 5.93. The molecule has 1 aliphatic heterocycles. The molecule has 1 saturated heterocycles. The molecule has 1 N–H and O–H groups in total. The first-order chi connectivity index (χ1) is 11.5. The maximum atomic E-state index is 12.7. The van der Waals surface area contributed by atoms with Crippen molar-refractivity contribution in [3.05, 3.63) is 63.3 Å². The number of aromatic nitrogens is 2. The van der Waals surface area contributed by atoms with E-state index in [2.05, 4.69) is 16.0 Å². The van der Waals surface area contributed by atoms with E-state index < -0.39 is 0 Å². The Morgan fingerprint density at radius 3 is 2.83 bits per heavy atom. The van der Waals surface area contributed by atoms with Crippen LogP contribution in [0.1, 0.15) is 40.2 Å². The number of carbonyl (C=O) groups excluding carboxylic acids is 1. The lowest BCUT2D eigenvalue weighted by Gasteiger charge is -2.32. The lowest BCUT2D eigenvalue weighted by Crippen LogP contribution is -2.42. The predicted octanol–water partition coefficient (Wildman–Crippen LogP) is 2.48. The fourth-order valence-electron chi connectivity index (χ4n) is 3.28. The van der Waals surface area contributed by atoms with Crippen LogP contribution in [0.2, 0.25) is 0 Å². The van der Waals surface area contributed by atoms with Gasteiger partial charge in [-0.1, -0.05) is 6.07 Å². The lowest BCUT2D eigenvalue weighted by atomic mass is 9.91. The third-order valence-electron chi connectivity index (χ3n) is 4.59. The molecule has 24 heavy (non-hydrogen) atoms. The second kappa shape index (κ2) is 6.99. The van der Waals surface area contributed by atoms with E-state index >= 15 is 0 Å². The van der Waals surface area contributed by atoms with Crippen LogP contribution in [-0.2, 0) is 6.42 Å². The smallest absolute Gasteiger partial charge is 0.260 e. The van der Waals surface area contributed by atoms with E-state index in [9.17, 15) is 9.59 Å². The summed E-state index contributed by atoms with van der Waals surface area (Å²) in [5.74, 6) is 0.250. The molecule has 1 unspecified atom stereocenters. The van der Waals surface area contributed by atoms with E-state index in [1.807, 2.05) is 31.0 Å². The van der Waals surface area contributed by atoms with Crippen LogP contribution in [0.15, 0.2) is 35.3 Å². The summed E-state index contributed by atoms with van der Waals surface area (Å²) in [6, 6.07) is 7.53. The van der Waals surface area contributed by atoms with Crippen LogP contribution in [0.5, 0.6) is 0 Å². The van der Waals surface area contributed by atoms with Gasteiger partial charge in [-0.2, -0.15) is 0 Å². The zero-order valence-corrected chi connectivity index (χ0v) is 14.2. The summed E-state index contributed by atoms with van der Waals surface area (Å²) in [7, 11) is 0. The van der Waals surface area contributed by atoms with Crippen molar-refractivity contribution in [2.45, 2.75) is 33.1 Å². The summed E-state index contributed by atoms with van der Waals surface area (Å²) in [5.41, 5.74) is 2.91. The van der Waals surface area contributed by atoms with Gasteiger partial charge in [0, 0.05) is 30.7 Å². The molecule has 0 spiro atoms. The zero-order valence-electron chi connectivity index (χ0n) is 14.2. The monoisotopic (exact) mass is 325 g/mol. The third kappa shape index (κ3) is 3.72. The van der Waals surface area contributed by atoms with Crippen LogP contribution in [0.4, 0.5) is 0 Å². The molecule has 3 rings (SSSR count). The molecule has 0 aromatic carbocycles. The van der Waals surface area contributed by atoms with E-state index in [0.29, 0.717) is 12.5 Å². The molecular weight excluding hydrogens is 302 g/mol. The van der Waals surface area contributed by atoms with Crippen LogP contribution in [0, 0.1) is 19.8 Å². The Morgan fingerprint density at radius 1 is 1.29 bits per heavy atom. The van der Waals surface area contributed by atoms with Crippen molar-refractivity contribution in [1.82, 2.24) is 14.9 Å². The number of rotatable bonds is 3. The molecule has 2 aromatic rings. The lowest BCUT2D eigenvalue weighted by molar-refractivity contribution is 0.0671. The first-order valence-corrected chi connectivity index (χ1v) is 8.43. The van der Waals surface area contributed by atoms with Gasteiger partial charge in [-0.15, -0.1) is 0 Å². The number of carbonyl (C=O) groups is 1. The molecular formula is C19H23N3O2. The van der Waals surface area contributed by atoms with Crippen LogP contribution >= 0.6 is 0 Å². The number of aryl methyl sites for hydroxylation is 2. The average molecular weight is 325 g/mol. The Hall–Kier alpha value is -2.43. The summed E-state index contributed by atoms with van der Waals surface area (Å²) in [6.07, 6.45) is 4.91. The standard InChI is InChI=1S/C19H23N3O2/c1-13-5-7-15(11-20-13)10-16-4-3-9-22(12-16)19(24)17-8-6-14(2)21-18(17)23/h5-8,11,16H,3-4,9-10,12H2,1-2H3,(H,21,23). The number of hydrogen-bond acceptors (Lipinski definition) is 3. The average Bonchev–Trinajstić information content (AvgIpc) is 2.57. The molecule has 5 heteroatoms. The topological polar surface area (TPSA) is 66.1 Å². The van der Waals surface area contributed by atoms with Crippen molar-refractivity contribution < 1.29 is 4.79 Å². The quantitative estimate of drug-likeness (QED) is 0.943. The van der Waals surface area contributed by atoms with Gasteiger partial charge in [0.2, 0.25) is 0 Å². The highest BCUT2D eigenvalue weighted by Gasteiger charge is 2.26. The first-order valence-electron chi connectivity index (χ1n) is 8.43. The minimum Gasteiger partial charge on any atom is -0.338 e. The van der Waals surface area contributed by atoms with Crippen LogP contribution in [-0.4, -0.2) is 33.9 Å². The number of hydrogen-bond donors (Lipinski definition) is 1. The number of likely N-dealkylation sites (tertiary alicyclic amines) is 1. The molecule has 1 atom stereocenters. The Kier molecular flexibility index (Phi) is 4.79. The number of piperidine rings is 1. The maximum Gasteiger partial charge on any atom is 0.260 e. The van der Waals surface area contributed by atoms with E-state index in [1.165, 1.54) is 5.56 Å². The summed E-state index contributed by atoms with van der Waals surface area (Å²) in [5, 5.41) is 0. The van der Waals surface area contributed by atoms with Crippen LogP contribution in [0.3, 0.4) is 0 Å². The van der Waals surface area contributed by atoms with Gasteiger partial charge in [0.15, 0.2) is 0 Å². The first kappa shape index (κ1) is 16.4. The molecule has 0 aliphatic carbocycles. The molecule has 5 nitrogen and oxygen atoms in total. The minimum absolute atomic E-state index is 0.164. The van der Waals surface area contributed by atoms with Gasteiger partial charge in [-0.05, 0) is 62.8 Å². The van der Waals surface area contributed by atoms with Crippen molar-refractivity contribution in [2.75, 3.05) is 13.1 Å². The van der Waals surface area contributed by atoms with Gasteiger partial charge in [0.1, 0.15) is 5.56 Å². The fraction of sp³-hybridized carbons (Fsp3) is 0.421. The van der Waals surface area contributed by atoms with Crippen LogP contribution < -0.4 is 5.56 Å². The molecule has 1 aliphatic rings. The van der Waals surface area contributed by atoms with Gasteiger partial charge >= 0.3 is 0 Å². The number of pyridine rings is 2. The number of nitrogens with one attached hydrogen (secondary N) is 1. The zero-order chi connectivity index (χ0) is 17.1. The molecule has 0 bridgehead atoms. The SMILES string of the molecule is Cc1ccc(CC2CCCN(C(=O)c3ccc(C)[nH]c3=O)C2)cn1. The molecule has 0 radical (unpaired) electrons. The van der Waals surface area contributed by atoms with E-state index in [1.54, 1.807) is 12.1 Å². The van der Waals surface area contributed by atoms with Gasteiger partial charge < -0.3 is 9.88 Å². The van der Waals surface area contributed by atoms with Crippen molar-refractivity contribution >= 4 is 5.91 Å². The largest absolute Gasteiger partial charge is 0.338 e. The second-order valence-electron chi connectivity index (χ2n) is 6.66. The van der Waals surface area contributed by atoms with Crippen molar-refractivity contribution in [2.24, 2.45) is 5.92 Å². The van der Waals surface area contributed by atoms with Crippen LogP contribution in [0.25, 0.3) is 0 Å². The molecule has 3 heterocycles. The third-order valence-corrected chi connectivity index (χ3v) is 4.59. The Bertz CT molecular complexity index is 780. The van der Waals surface area contributed by atoms with E-state index in [4.69, 9.17) is 0 Å². The number of H-pyrrole nitrogens is 1. The Balaban J connectivity index is 1.69. The minimum atomic E-state index is -0.301. The highest BCUT2D eigenvalue weighted by Crippen LogP contribution is 2.21. The summed E-state index contributed by atoms with van der Waals surface area (Å²) in [4.78, 5) is 33.5. The summed E-state index contributed by atoms with van der Waals surface area (Å²) >= 11 is 0. The highest BCUT2D eigenvalue weighted by atomic mass is 16.2. The maximum absolute atomic E-state index is 12.7. The molecule has 2 aromatic heterocycles. The summed E-state index contributed by atoms with van der Waals surface area (Å²) in [6.45, 7) is 5.20. The van der Waals surface area contributed by atoms with Gasteiger partial charge in [0.05, 0.1) is 0 Å². The normalized spacial score (nSPS) is 17.8.